The van der Waals surface area contributed by atoms with E-state index in [2.05, 4.69) is 0 Å². The van der Waals surface area contributed by atoms with Gasteiger partial charge in [0.15, 0.2) is 0 Å². The highest BCUT2D eigenvalue weighted by Gasteiger charge is 2.35. The fourth-order valence-electron chi connectivity index (χ4n) is 3.86. The summed E-state index contributed by atoms with van der Waals surface area (Å²) in [6.07, 6.45) is -0.564. The van der Waals surface area contributed by atoms with Crippen molar-refractivity contribution in [3.8, 4) is 0 Å². The van der Waals surface area contributed by atoms with Crippen LogP contribution in [0.1, 0.15) is 39.1 Å². The number of piperidine rings is 1. The lowest BCUT2D eigenvalue weighted by atomic mass is 10.1. The fraction of sp³-hybridized carbons (Fsp3) is 0.364. The van der Waals surface area contributed by atoms with Gasteiger partial charge in [0.1, 0.15) is 0 Å². The lowest BCUT2D eigenvalue weighted by Gasteiger charge is -2.31. The lowest BCUT2D eigenvalue weighted by molar-refractivity contribution is -0.0494. The van der Waals surface area contributed by atoms with Gasteiger partial charge in [0.25, 0.3) is 17.7 Å². The van der Waals surface area contributed by atoms with Crippen molar-refractivity contribution in [2.45, 2.75) is 25.3 Å². The number of carbonyl (C=O) groups excluding carboxylic acids is 2. The van der Waals surface area contributed by atoms with Crippen molar-refractivity contribution >= 4 is 23.2 Å². The molecule has 0 spiro atoms. The minimum absolute atomic E-state index is 0.0348. The normalized spacial score (nSPS) is 18.0. The Morgan fingerprint density at radius 3 is 2.31 bits per heavy atom. The maximum absolute atomic E-state index is 13.3. The predicted molar refractivity (Wildman–Crippen MR) is 107 cm³/mol. The Morgan fingerprint density at radius 2 is 1.66 bits per heavy atom. The summed E-state index contributed by atoms with van der Waals surface area (Å²) in [7, 11) is 3.71. The standard InChI is InChI=1S/C22H23F2N3O2/c1-25-14-16-13-18(7-8-19(16)21(25)29)26(2)17-5-3-15(4-6-17)20(28)27-11-9-22(23,24)10-12-27/h3-8,13H,9-12,14H2,1-2H3. The molecule has 2 aromatic rings. The highest BCUT2D eigenvalue weighted by Crippen LogP contribution is 2.31. The molecule has 2 amide bonds. The molecular weight excluding hydrogens is 376 g/mol. The highest BCUT2D eigenvalue weighted by molar-refractivity contribution is 5.98. The number of benzene rings is 2. The molecule has 0 aromatic heterocycles. The number of nitrogens with zero attached hydrogens (tertiary/aromatic N) is 3. The van der Waals surface area contributed by atoms with E-state index in [4.69, 9.17) is 0 Å². The van der Waals surface area contributed by atoms with Crippen LogP contribution in [0.25, 0.3) is 0 Å². The first-order valence-electron chi connectivity index (χ1n) is 9.64. The zero-order chi connectivity index (χ0) is 20.8. The molecule has 2 aromatic carbocycles. The van der Waals surface area contributed by atoms with E-state index in [1.165, 1.54) is 4.90 Å². The molecular formula is C22H23F2N3O2. The van der Waals surface area contributed by atoms with Crippen molar-refractivity contribution in [1.29, 1.82) is 0 Å². The van der Waals surface area contributed by atoms with Gasteiger partial charge in [-0.05, 0) is 48.0 Å². The predicted octanol–water partition coefficient (Wildman–Crippen LogP) is 3.91. The number of amides is 2. The molecule has 0 saturated carbocycles. The molecule has 5 nitrogen and oxygen atoms in total. The largest absolute Gasteiger partial charge is 0.345 e. The molecule has 0 unspecified atom stereocenters. The van der Waals surface area contributed by atoms with Crippen LogP contribution < -0.4 is 4.90 Å². The number of hydrogen-bond acceptors (Lipinski definition) is 3. The van der Waals surface area contributed by atoms with Crippen molar-refractivity contribution in [2.75, 3.05) is 32.1 Å². The van der Waals surface area contributed by atoms with E-state index in [0.717, 1.165) is 22.5 Å². The van der Waals surface area contributed by atoms with Crippen molar-refractivity contribution < 1.29 is 18.4 Å². The van der Waals surface area contributed by atoms with Gasteiger partial charge >= 0.3 is 0 Å². The van der Waals surface area contributed by atoms with Crippen molar-refractivity contribution in [2.24, 2.45) is 0 Å². The molecule has 2 heterocycles. The molecule has 0 radical (unpaired) electrons. The number of likely N-dealkylation sites (tertiary alicyclic amines) is 1. The molecule has 152 valence electrons. The number of hydrogen-bond donors (Lipinski definition) is 0. The maximum atomic E-state index is 13.3. The second-order valence-corrected chi connectivity index (χ2v) is 7.76. The number of rotatable bonds is 3. The Labute approximate surface area is 168 Å². The van der Waals surface area contributed by atoms with Crippen LogP contribution in [-0.4, -0.2) is 54.7 Å². The van der Waals surface area contributed by atoms with Crippen LogP contribution in [0.5, 0.6) is 0 Å². The maximum Gasteiger partial charge on any atom is 0.254 e. The molecule has 2 aliphatic rings. The smallest absolute Gasteiger partial charge is 0.254 e. The van der Waals surface area contributed by atoms with Crippen LogP contribution in [0.2, 0.25) is 0 Å². The van der Waals surface area contributed by atoms with Gasteiger partial charge in [0.2, 0.25) is 0 Å². The molecule has 29 heavy (non-hydrogen) atoms. The van der Waals surface area contributed by atoms with Crippen molar-refractivity contribution in [1.82, 2.24) is 9.80 Å². The van der Waals surface area contributed by atoms with Gasteiger partial charge in [0, 0.05) is 69.1 Å². The second-order valence-electron chi connectivity index (χ2n) is 7.76. The van der Waals surface area contributed by atoms with Gasteiger partial charge in [-0.2, -0.15) is 0 Å². The van der Waals surface area contributed by atoms with Crippen LogP contribution >= 0.6 is 0 Å². The summed E-state index contributed by atoms with van der Waals surface area (Å²) >= 11 is 0. The van der Waals surface area contributed by atoms with Crippen LogP contribution in [0, 0.1) is 0 Å². The molecule has 7 heteroatoms. The van der Waals surface area contributed by atoms with Crippen molar-refractivity contribution in [3.05, 3.63) is 59.2 Å². The monoisotopic (exact) mass is 399 g/mol. The topological polar surface area (TPSA) is 43.9 Å². The first-order chi connectivity index (χ1) is 13.7. The van der Waals surface area contributed by atoms with E-state index in [9.17, 15) is 18.4 Å². The Morgan fingerprint density at radius 1 is 1.03 bits per heavy atom. The SMILES string of the molecule is CN1Cc2cc(N(C)c3ccc(C(=O)N4CCC(F)(F)CC4)cc3)ccc2C1=O. The minimum Gasteiger partial charge on any atom is -0.345 e. The summed E-state index contributed by atoms with van der Waals surface area (Å²) in [4.78, 5) is 29.8. The van der Waals surface area contributed by atoms with Gasteiger partial charge in [0.05, 0.1) is 0 Å². The zero-order valence-corrected chi connectivity index (χ0v) is 16.5. The van der Waals surface area contributed by atoms with E-state index in [1.807, 2.05) is 42.3 Å². The number of alkyl halides is 2. The van der Waals surface area contributed by atoms with E-state index in [1.54, 1.807) is 24.1 Å². The molecule has 0 aliphatic carbocycles. The van der Waals surface area contributed by atoms with Gasteiger partial charge < -0.3 is 14.7 Å². The summed E-state index contributed by atoms with van der Waals surface area (Å²) in [5, 5.41) is 0. The van der Waals surface area contributed by atoms with Crippen molar-refractivity contribution in [3.63, 3.8) is 0 Å². The Hall–Kier alpha value is -2.96. The summed E-state index contributed by atoms with van der Waals surface area (Å²) in [6.45, 7) is 0.754. The Balaban J connectivity index is 1.47. The van der Waals surface area contributed by atoms with E-state index in [-0.39, 0.29) is 37.7 Å². The molecule has 4 rings (SSSR count). The average molecular weight is 399 g/mol. The number of carbonyl (C=O) groups is 2. The Bertz CT molecular complexity index is 949. The van der Waals surface area contributed by atoms with Gasteiger partial charge in [-0.15, -0.1) is 0 Å². The average Bonchev–Trinajstić information content (AvgIpc) is 3.00. The first kappa shape index (κ1) is 19.4. The number of halogens is 2. The fourth-order valence-corrected chi connectivity index (χ4v) is 3.86. The third-order valence-corrected chi connectivity index (χ3v) is 5.74. The highest BCUT2D eigenvalue weighted by atomic mass is 19.3. The zero-order valence-electron chi connectivity index (χ0n) is 16.5. The van der Waals surface area contributed by atoms with E-state index >= 15 is 0 Å². The molecule has 1 fully saturated rings. The van der Waals surface area contributed by atoms with Crippen LogP contribution in [0.15, 0.2) is 42.5 Å². The summed E-state index contributed by atoms with van der Waals surface area (Å²) < 4.78 is 26.6. The van der Waals surface area contributed by atoms with Gasteiger partial charge in [-0.1, -0.05) is 0 Å². The van der Waals surface area contributed by atoms with E-state index < -0.39 is 5.92 Å². The molecule has 0 N–H and O–H groups in total. The van der Waals surface area contributed by atoms with Crippen LogP contribution in [0.4, 0.5) is 20.2 Å². The number of fused-ring (bicyclic) bond motifs is 1. The third-order valence-electron chi connectivity index (χ3n) is 5.74. The number of anilines is 2. The van der Waals surface area contributed by atoms with E-state index in [0.29, 0.717) is 12.1 Å². The van der Waals surface area contributed by atoms with Crippen LogP contribution in [0.3, 0.4) is 0 Å². The van der Waals surface area contributed by atoms with Gasteiger partial charge in [-0.25, -0.2) is 8.78 Å². The lowest BCUT2D eigenvalue weighted by Crippen LogP contribution is -2.42. The molecule has 2 aliphatic heterocycles. The quantitative estimate of drug-likeness (QED) is 0.786. The minimum atomic E-state index is -2.67. The Kier molecular flexibility index (Phi) is 4.76. The summed E-state index contributed by atoms with van der Waals surface area (Å²) in [6, 6.07) is 12.9. The summed E-state index contributed by atoms with van der Waals surface area (Å²) in [5.41, 5.74) is 4.07. The summed E-state index contributed by atoms with van der Waals surface area (Å²) in [5.74, 6) is -2.85. The second kappa shape index (κ2) is 7.13. The molecule has 0 atom stereocenters. The van der Waals surface area contributed by atoms with Gasteiger partial charge in [-0.3, -0.25) is 9.59 Å². The van der Waals surface area contributed by atoms with Crippen LogP contribution in [-0.2, 0) is 6.54 Å². The first-order valence-corrected chi connectivity index (χ1v) is 9.64. The molecule has 0 bridgehead atoms. The molecule has 1 saturated heterocycles. The third kappa shape index (κ3) is 3.69.